The van der Waals surface area contributed by atoms with E-state index in [0.29, 0.717) is 0 Å². The van der Waals surface area contributed by atoms with Crippen LogP contribution in [-0.4, -0.2) is 19.0 Å². The van der Waals surface area contributed by atoms with Crippen molar-refractivity contribution in [1.29, 1.82) is 0 Å². The van der Waals surface area contributed by atoms with Crippen molar-refractivity contribution in [2.45, 2.75) is 155 Å². The van der Waals surface area contributed by atoms with Crippen LogP contribution in [-0.2, 0) is 9.47 Å². The summed E-state index contributed by atoms with van der Waals surface area (Å²) in [5, 5.41) is 0. The second-order valence-corrected chi connectivity index (χ2v) is 8.70. The molecule has 2 heteroatoms. The van der Waals surface area contributed by atoms with Crippen molar-refractivity contribution in [3.05, 3.63) is 0 Å². The summed E-state index contributed by atoms with van der Waals surface area (Å²) in [6.07, 6.45) is 24.7. The summed E-state index contributed by atoms with van der Waals surface area (Å²) in [6, 6.07) is 0. The standard InChI is InChI=1S/C26H54O2/c1-5-9-11-13-15-17-19-21-23-26(27-24-7-3,28-25-8-4)22-20-18-16-14-12-10-6-2/h5-25H2,1-4H3. The van der Waals surface area contributed by atoms with E-state index in [-0.39, 0.29) is 5.79 Å². The lowest BCUT2D eigenvalue weighted by atomic mass is 9.98. The van der Waals surface area contributed by atoms with Crippen molar-refractivity contribution in [1.82, 2.24) is 0 Å². The van der Waals surface area contributed by atoms with Gasteiger partial charge in [0.1, 0.15) is 0 Å². The van der Waals surface area contributed by atoms with Gasteiger partial charge in [0.15, 0.2) is 5.79 Å². The maximum Gasteiger partial charge on any atom is 0.168 e. The first kappa shape index (κ1) is 27.9. The molecule has 0 atom stereocenters. The second-order valence-electron chi connectivity index (χ2n) is 8.70. The highest BCUT2D eigenvalue weighted by Crippen LogP contribution is 2.29. The molecule has 0 fully saturated rings. The molecule has 0 spiro atoms. The third-order valence-corrected chi connectivity index (χ3v) is 5.71. The van der Waals surface area contributed by atoms with Crippen LogP contribution < -0.4 is 0 Å². The lowest BCUT2D eigenvalue weighted by Crippen LogP contribution is -2.37. The highest BCUT2D eigenvalue weighted by atomic mass is 16.7. The number of unbranched alkanes of at least 4 members (excludes halogenated alkanes) is 13. The minimum Gasteiger partial charge on any atom is -0.350 e. The summed E-state index contributed by atoms with van der Waals surface area (Å²) in [5.41, 5.74) is 0. The van der Waals surface area contributed by atoms with Crippen LogP contribution in [0.5, 0.6) is 0 Å². The van der Waals surface area contributed by atoms with E-state index in [9.17, 15) is 0 Å². The summed E-state index contributed by atoms with van der Waals surface area (Å²) in [6.45, 7) is 10.6. The molecule has 0 radical (unpaired) electrons. The van der Waals surface area contributed by atoms with Gasteiger partial charge >= 0.3 is 0 Å². The van der Waals surface area contributed by atoms with Gasteiger partial charge in [-0.1, -0.05) is 111 Å². The lowest BCUT2D eigenvalue weighted by molar-refractivity contribution is -0.246. The maximum absolute atomic E-state index is 6.36. The third-order valence-electron chi connectivity index (χ3n) is 5.71. The summed E-state index contributed by atoms with van der Waals surface area (Å²) in [4.78, 5) is 0. The quantitative estimate of drug-likeness (QED) is 0.126. The largest absolute Gasteiger partial charge is 0.350 e. The van der Waals surface area contributed by atoms with Gasteiger partial charge in [0, 0.05) is 26.1 Å². The Morgan fingerprint density at radius 2 is 0.714 bits per heavy atom. The smallest absolute Gasteiger partial charge is 0.168 e. The SMILES string of the molecule is CCCCCCCCCCC(CCCCCCCCC)(OCCC)OCCC. The number of rotatable bonds is 23. The summed E-state index contributed by atoms with van der Waals surface area (Å²) in [5.74, 6) is -0.308. The third kappa shape index (κ3) is 16.8. The van der Waals surface area contributed by atoms with E-state index in [0.717, 1.165) is 38.9 Å². The Morgan fingerprint density at radius 3 is 1.04 bits per heavy atom. The van der Waals surface area contributed by atoms with Gasteiger partial charge in [-0.15, -0.1) is 0 Å². The Labute approximate surface area is 178 Å². The van der Waals surface area contributed by atoms with Gasteiger partial charge in [-0.3, -0.25) is 0 Å². The number of hydrogen-bond acceptors (Lipinski definition) is 2. The Kier molecular flexibility index (Phi) is 21.6. The van der Waals surface area contributed by atoms with Gasteiger partial charge in [0.05, 0.1) is 0 Å². The molecule has 0 bridgehead atoms. The molecule has 0 saturated carbocycles. The molecular formula is C26H54O2. The van der Waals surface area contributed by atoms with Crippen LogP contribution in [0.1, 0.15) is 150 Å². The topological polar surface area (TPSA) is 18.5 Å². The molecule has 0 aromatic rings. The van der Waals surface area contributed by atoms with Crippen LogP contribution in [0.25, 0.3) is 0 Å². The second kappa shape index (κ2) is 21.6. The van der Waals surface area contributed by atoms with Crippen molar-refractivity contribution < 1.29 is 9.47 Å². The molecule has 0 heterocycles. The molecule has 170 valence electrons. The van der Waals surface area contributed by atoms with E-state index >= 15 is 0 Å². The van der Waals surface area contributed by atoms with E-state index in [2.05, 4.69) is 27.7 Å². The summed E-state index contributed by atoms with van der Waals surface area (Å²) in [7, 11) is 0. The van der Waals surface area contributed by atoms with E-state index in [1.54, 1.807) is 0 Å². The van der Waals surface area contributed by atoms with Crippen molar-refractivity contribution in [2.75, 3.05) is 13.2 Å². The average molecular weight is 399 g/mol. The molecule has 0 aromatic carbocycles. The molecule has 0 amide bonds. The fourth-order valence-electron chi connectivity index (χ4n) is 3.91. The molecule has 2 nitrogen and oxygen atoms in total. The highest BCUT2D eigenvalue weighted by molar-refractivity contribution is 4.71. The molecule has 0 aliphatic heterocycles. The first-order valence-corrected chi connectivity index (χ1v) is 13.0. The van der Waals surface area contributed by atoms with Crippen LogP contribution in [0.3, 0.4) is 0 Å². The van der Waals surface area contributed by atoms with Crippen LogP contribution in [0.2, 0.25) is 0 Å². The molecule has 0 rings (SSSR count). The molecule has 0 aromatic heterocycles. The predicted octanol–water partition coefficient (Wildman–Crippen LogP) is 9.21. The van der Waals surface area contributed by atoms with E-state index in [1.807, 2.05) is 0 Å². The Bertz CT molecular complexity index is 282. The van der Waals surface area contributed by atoms with E-state index < -0.39 is 0 Å². The van der Waals surface area contributed by atoms with Gasteiger partial charge in [0.2, 0.25) is 0 Å². The van der Waals surface area contributed by atoms with E-state index in [1.165, 1.54) is 96.3 Å². The zero-order chi connectivity index (χ0) is 20.8. The molecule has 28 heavy (non-hydrogen) atoms. The van der Waals surface area contributed by atoms with Crippen LogP contribution in [0.4, 0.5) is 0 Å². The summed E-state index contributed by atoms with van der Waals surface area (Å²) >= 11 is 0. The van der Waals surface area contributed by atoms with Crippen molar-refractivity contribution in [2.24, 2.45) is 0 Å². The Hall–Kier alpha value is -0.0800. The minimum atomic E-state index is -0.308. The van der Waals surface area contributed by atoms with Gasteiger partial charge in [-0.25, -0.2) is 0 Å². The van der Waals surface area contributed by atoms with Crippen LogP contribution >= 0.6 is 0 Å². The first-order valence-electron chi connectivity index (χ1n) is 13.0. The first-order chi connectivity index (χ1) is 13.7. The Balaban J connectivity index is 4.27. The molecule has 0 N–H and O–H groups in total. The normalized spacial score (nSPS) is 12.0. The molecule has 0 aliphatic rings. The molecular weight excluding hydrogens is 344 g/mol. The monoisotopic (exact) mass is 398 g/mol. The maximum atomic E-state index is 6.36. The van der Waals surface area contributed by atoms with Crippen molar-refractivity contribution in [3.63, 3.8) is 0 Å². The number of ether oxygens (including phenoxy) is 2. The summed E-state index contributed by atoms with van der Waals surface area (Å²) < 4.78 is 12.7. The minimum absolute atomic E-state index is 0.308. The average Bonchev–Trinajstić information content (AvgIpc) is 2.71. The van der Waals surface area contributed by atoms with E-state index in [4.69, 9.17) is 9.47 Å². The molecule has 0 saturated heterocycles. The van der Waals surface area contributed by atoms with Crippen LogP contribution in [0.15, 0.2) is 0 Å². The molecule has 0 aliphatic carbocycles. The van der Waals surface area contributed by atoms with Crippen molar-refractivity contribution >= 4 is 0 Å². The Morgan fingerprint density at radius 1 is 0.393 bits per heavy atom. The zero-order valence-corrected chi connectivity index (χ0v) is 20.2. The zero-order valence-electron chi connectivity index (χ0n) is 20.2. The fraction of sp³-hybridized carbons (Fsp3) is 1.00. The van der Waals surface area contributed by atoms with Crippen molar-refractivity contribution in [3.8, 4) is 0 Å². The lowest BCUT2D eigenvalue weighted by Gasteiger charge is -2.34. The van der Waals surface area contributed by atoms with Gasteiger partial charge < -0.3 is 9.47 Å². The van der Waals surface area contributed by atoms with Gasteiger partial charge in [-0.2, -0.15) is 0 Å². The predicted molar refractivity (Wildman–Crippen MR) is 125 cm³/mol. The van der Waals surface area contributed by atoms with Crippen LogP contribution in [0, 0.1) is 0 Å². The molecule has 0 unspecified atom stereocenters. The number of hydrogen-bond donors (Lipinski definition) is 0. The highest BCUT2D eigenvalue weighted by Gasteiger charge is 2.30. The van der Waals surface area contributed by atoms with Gasteiger partial charge in [-0.05, 0) is 25.7 Å². The fourth-order valence-corrected chi connectivity index (χ4v) is 3.91. The van der Waals surface area contributed by atoms with Gasteiger partial charge in [0.25, 0.3) is 0 Å².